The van der Waals surface area contributed by atoms with Crippen LogP contribution in [0.25, 0.3) is 0 Å². The molecule has 2 N–H and O–H groups in total. The molecule has 0 aliphatic rings. The van der Waals surface area contributed by atoms with Crippen LogP contribution in [-0.2, 0) is 11.3 Å². The Balaban J connectivity index is 1.53. The maximum absolute atomic E-state index is 12.4. The summed E-state index contributed by atoms with van der Waals surface area (Å²) in [6.45, 7) is 2.16. The summed E-state index contributed by atoms with van der Waals surface area (Å²) >= 11 is 12.0. The highest BCUT2D eigenvalue weighted by Gasteiger charge is 2.12. The molecule has 7 nitrogen and oxygen atoms in total. The minimum Gasteiger partial charge on any atom is -0.434 e. The van der Waals surface area contributed by atoms with Gasteiger partial charge in [0.1, 0.15) is 5.75 Å². The zero-order chi connectivity index (χ0) is 23.8. The number of rotatable bonds is 7. The number of carbonyl (C=O) groups excluding carboxylic acids is 3. The van der Waals surface area contributed by atoms with E-state index < -0.39 is 6.16 Å². The maximum Gasteiger partial charge on any atom is 0.513 e. The van der Waals surface area contributed by atoms with Crippen molar-refractivity contribution in [3.05, 3.63) is 93.5 Å². The molecule has 0 radical (unpaired) electrons. The molecule has 0 saturated heterocycles. The lowest BCUT2D eigenvalue weighted by Gasteiger charge is -2.09. The molecule has 3 rings (SSSR count). The molecule has 0 saturated carbocycles. The van der Waals surface area contributed by atoms with E-state index in [4.69, 9.17) is 32.7 Å². The molecule has 0 spiro atoms. The standard InChI is InChI=1S/C24H20Cl2N2O5/c1-2-32-24(31)33-19-10-5-16(6-11-19)22(29)28-18-8-3-15(4-9-18)14-27-23(30)20-13-17(25)7-12-21(20)26/h3-13H,2,14H2,1H3,(H,27,30)(H,28,29). The smallest absolute Gasteiger partial charge is 0.434 e. The molecule has 0 unspecified atom stereocenters. The van der Waals surface area contributed by atoms with E-state index in [1.54, 1.807) is 43.3 Å². The molecule has 2 amide bonds. The van der Waals surface area contributed by atoms with Gasteiger partial charge < -0.3 is 20.1 Å². The van der Waals surface area contributed by atoms with Gasteiger partial charge in [-0.2, -0.15) is 0 Å². The summed E-state index contributed by atoms with van der Waals surface area (Å²) < 4.78 is 9.66. The first-order chi connectivity index (χ1) is 15.9. The first-order valence-corrected chi connectivity index (χ1v) is 10.7. The third kappa shape index (κ3) is 6.97. The summed E-state index contributed by atoms with van der Waals surface area (Å²) in [5.74, 6) is -0.389. The lowest BCUT2D eigenvalue weighted by molar-refractivity contribution is 0.0949. The Labute approximate surface area is 200 Å². The molecule has 0 atom stereocenters. The van der Waals surface area contributed by atoms with Gasteiger partial charge in [-0.3, -0.25) is 9.59 Å². The van der Waals surface area contributed by atoms with Gasteiger partial charge in [0.2, 0.25) is 0 Å². The number of hydrogen-bond donors (Lipinski definition) is 2. The fourth-order valence-electron chi connectivity index (χ4n) is 2.78. The van der Waals surface area contributed by atoms with E-state index in [2.05, 4.69) is 10.6 Å². The minimum atomic E-state index is -0.804. The fraction of sp³-hybridized carbons (Fsp3) is 0.125. The van der Waals surface area contributed by atoms with Gasteiger partial charge in [0.15, 0.2) is 0 Å². The van der Waals surface area contributed by atoms with Gasteiger partial charge >= 0.3 is 6.16 Å². The van der Waals surface area contributed by atoms with E-state index in [0.717, 1.165) is 5.56 Å². The highest BCUT2D eigenvalue weighted by atomic mass is 35.5. The Kier molecular flexibility index (Phi) is 8.29. The van der Waals surface area contributed by atoms with Crippen molar-refractivity contribution < 1.29 is 23.9 Å². The van der Waals surface area contributed by atoms with Gasteiger partial charge in [-0.15, -0.1) is 0 Å². The summed E-state index contributed by atoms with van der Waals surface area (Å²) in [5, 5.41) is 6.30. The van der Waals surface area contributed by atoms with Crippen molar-refractivity contribution in [3.8, 4) is 5.75 Å². The van der Waals surface area contributed by atoms with Crippen LogP contribution in [-0.4, -0.2) is 24.6 Å². The number of carbonyl (C=O) groups is 3. The lowest BCUT2D eigenvalue weighted by Crippen LogP contribution is -2.23. The second-order valence-electron chi connectivity index (χ2n) is 6.77. The molecule has 33 heavy (non-hydrogen) atoms. The predicted molar refractivity (Wildman–Crippen MR) is 126 cm³/mol. The Morgan fingerprint density at radius 2 is 1.58 bits per heavy atom. The molecule has 0 aromatic heterocycles. The fourth-order valence-corrected chi connectivity index (χ4v) is 3.15. The lowest BCUT2D eigenvalue weighted by atomic mass is 10.1. The summed E-state index contributed by atoms with van der Waals surface area (Å²) in [7, 11) is 0. The number of hydrogen-bond acceptors (Lipinski definition) is 5. The first-order valence-electron chi connectivity index (χ1n) is 9.94. The van der Waals surface area contributed by atoms with Crippen LogP contribution in [0.5, 0.6) is 5.75 Å². The molecule has 3 aromatic carbocycles. The normalized spacial score (nSPS) is 10.3. The third-order valence-electron chi connectivity index (χ3n) is 4.42. The van der Waals surface area contributed by atoms with Crippen molar-refractivity contribution in [2.45, 2.75) is 13.5 Å². The van der Waals surface area contributed by atoms with Crippen LogP contribution in [0.15, 0.2) is 66.7 Å². The number of nitrogens with one attached hydrogen (secondary N) is 2. The van der Waals surface area contributed by atoms with E-state index in [0.29, 0.717) is 26.9 Å². The maximum atomic E-state index is 12.4. The zero-order valence-corrected chi connectivity index (χ0v) is 19.1. The second kappa shape index (κ2) is 11.4. The Morgan fingerprint density at radius 1 is 0.879 bits per heavy atom. The predicted octanol–water partition coefficient (Wildman–Crippen LogP) is 5.71. The van der Waals surface area contributed by atoms with E-state index >= 15 is 0 Å². The summed E-state index contributed by atoms with van der Waals surface area (Å²) in [5.41, 5.74) is 2.10. The van der Waals surface area contributed by atoms with Crippen LogP contribution < -0.4 is 15.4 Å². The zero-order valence-electron chi connectivity index (χ0n) is 17.6. The highest BCUT2D eigenvalue weighted by molar-refractivity contribution is 6.35. The van der Waals surface area contributed by atoms with Crippen molar-refractivity contribution >= 4 is 46.9 Å². The van der Waals surface area contributed by atoms with Crippen LogP contribution in [0.1, 0.15) is 33.2 Å². The van der Waals surface area contributed by atoms with E-state index in [1.165, 1.54) is 30.3 Å². The van der Waals surface area contributed by atoms with Crippen LogP contribution in [0.2, 0.25) is 10.0 Å². The Hall–Kier alpha value is -3.55. The van der Waals surface area contributed by atoms with Gasteiger partial charge in [0, 0.05) is 22.8 Å². The number of ether oxygens (including phenoxy) is 2. The SMILES string of the molecule is CCOC(=O)Oc1ccc(C(=O)Nc2ccc(CNC(=O)c3cc(Cl)ccc3Cl)cc2)cc1. The molecular weight excluding hydrogens is 467 g/mol. The molecule has 0 heterocycles. The van der Waals surface area contributed by atoms with Gasteiger partial charge in [-0.25, -0.2) is 4.79 Å². The number of benzene rings is 3. The van der Waals surface area contributed by atoms with Crippen LogP contribution in [0.3, 0.4) is 0 Å². The number of anilines is 1. The van der Waals surface area contributed by atoms with Crippen molar-refractivity contribution in [1.29, 1.82) is 0 Å². The number of amides is 2. The van der Waals surface area contributed by atoms with Gasteiger partial charge in [0.25, 0.3) is 11.8 Å². The van der Waals surface area contributed by atoms with E-state index in [9.17, 15) is 14.4 Å². The first kappa shape index (κ1) is 24.1. The van der Waals surface area contributed by atoms with E-state index in [1.807, 2.05) is 0 Å². The summed E-state index contributed by atoms with van der Waals surface area (Å²) in [6.07, 6.45) is -0.804. The van der Waals surface area contributed by atoms with Crippen molar-refractivity contribution in [2.24, 2.45) is 0 Å². The molecular formula is C24H20Cl2N2O5. The van der Waals surface area contributed by atoms with Crippen LogP contribution in [0.4, 0.5) is 10.5 Å². The average molecular weight is 487 g/mol. The van der Waals surface area contributed by atoms with E-state index in [-0.39, 0.29) is 30.7 Å². The average Bonchev–Trinajstić information content (AvgIpc) is 2.80. The highest BCUT2D eigenvalue weighted by Crippen LogP contribution is 2.21. The van der Waals surface area contributed by atoms with Crippen LogP contribution >= 0.6 is 23.2 Å². The molecule has 0 fully saturated rings. The minimum absolute atomic E-state index is 0.209. The van der Waals surface area contributed by atoms with Crippen molar-refractivity contribution in [3.63, 3.8) is 0 Å². The molecule has 0 aliphatic heterocycles. The Morgan fingerprint density at radius 3 is 2.24 bits per heavy atom. The largest absolute Gasteiger partial charge is 0.513 e. The van der Waals surface area contributed by atoms with Gasteiger partial charge in [-0.05, 0) is 67.1 Å². The van der Waals surface area contributed by atoms with Crippen molar-refractivity contribution in [1.82, 2.24) is 5.32 Å². The molecule has 9 heteroatoms. The van der Waals surface area contributed by atoms with Crippen molar-refractivity contribution in [2.75, 3.05) is 11.9 Å². The topological polar surface area (TPSA) is 93.7 Å². The number of halogens is 2. The van der Waals surface area contributed by atoms with Crippen LogP contribution in [0, 0.1) is 0 Å². The van der Waals surface area contributed by atoms with Gasteiger partial charge in [-0.1, -0.05) is 35.3 Å². The Bertz CT molecular complexity index is 1150. The second-order valence-corrected chi connectivity index (χ2v) is 7.61. The molecule has 170 valence electrons. The molecule has 0 bridgehead atoms. The quantitative estimate of drug-likeness (QED) is 0.329. The van der Waals surface area contributed by atoms with Gasteiger partial charge in [0.05, 0.1) is 17.2 Å². The molecule has 0 aliphatic carbocycles. The summed E-state index contributed by atoms with van der Waals surface area (Å²) in [6, 6.07) is 17.8. The summed E-state index contributed by atoms with van der Waals surface area (Å²) in [4.78, 5) is 36.1. The third-order valence-corrected chi connectivity index (χ3v) is 4.98. The molecule has 3 aromatic rings. The monoisotopic (exact) mass is 486 g/mol.